The number of hydrogen-bond acceptors (Lipinski definition) is 3. The van der Waals surface area contributed by atoms with E-state index in [-0.39, 0.29) is 11.3 Å². The lowest BCUT2D eigenvalue weighted by atomic mass is 10.1. The van der Waals surface area contributed by atoms with Crippen LogP contribution in [0.1, 0.15) is 20.7 Å². The second-order valence-corrected chi connectivity index (χ2v) is 5.48. The van der Waals surface area contributed by atoms with Gasteiger partial charge in [0.05, 0.1) is 16.8 Å². The number of benzene rings is 2. The predicted octanol–water partition coefficient (Wildman–Crippen LogP) is 3.64. The molecule has 2 rings (SSSR count). The van der Waals surface area contributed by atoms with Crippen LogP contribution in [0.25, 0.3) is 0 Å². The minimum absolute atomic E-state index is 0.0484. The van der Waals surface area contributed by atoms with Crippen LogP contribution in [0.4, 0.5) is 11.4 Å². The van der Waals surface area contributed by atoms with E-state index in [1.165, 1.54) is 24.3 Å². The van der Waals surface area contributed by atoms with Crippen molar-refractivity contribution in [3.05, 3.63) is 57.0 Å². The Morgan fingerprint density at radius 2 is 1.86 bits per heavy atom. The lowest BCUT2D eigenvalue weighted by Crippen LogP contribution is -2.15. The Labute approximate surface area is 133 Å². The highest BCUT2D eigenvalue weighted by Crippen LogP contribution is 2.24. The van der Waals surface area contributed by atoms with E-state index in [4.69, 9.17) is 22.4 Å². The number of aromatic carboxylic acids is 1. The molecule has 0 fully saturated rings. The third-order valence-corrected chi connectivity index (χ3v) is 3.62. The van der Waals surface area contributed by atoms with Gasteiger partial charge in [0.1, 0.15) is 0 Å². The summed E-state index contributed by atoms with van der Waals surface area (Å²) in [7, 11) is 0. The van der Waals surface area contributed by atoms with Crippen molar-refractivity contribution in [2.45, 2.75) is 0 Å². The summed E-state index contributed by atoms with van der Waals surface area (Å²) in [5.74, 6) is -1.65. The van der Waals surface area contributed by atoms with Crippen LogP contribution in [0.3, 0.4) is 0 Å². The Kier molecular flexibility index (Phi) is 4.50. The molecule has 0 saturated carbocycles. The van der Waals surface area contributed by atoms with Crippen molar-refractivity contribution < 1.29 is 14.7 Å². The number of carbonyl (C=O) groups excluding carboxylic acids is 1. The number of amides is 1. The van der Waals surface area contributed by atoms with E-state index < -0.39 is 11.9 Å². The number of anilines is 2. The summed E-state index contributed by atoms with van der Waals surface area (Å²) in [6.45, 7) is 0. The zero-order chi connectivity index (χ0) is 15.6. The van der Waals surface area contributed by atoms with Crippen LogP contribution in [0.15, 0.2) is 40.9 Å². The highest BCUT2D eigenvalue weighted by molar-refractivity contribution is 9.10. The molecule has 0 heterocycles. The number of nitrogens with one attached hydrogen (secondary N) is 1. The molecular formula is C14H10BrClN2O3. The molecule has 0 aliphatic carbocycles. The summed E-state index contributed by atoms with van der Waals surface area (Å²) in [6.07, 6.45) is 0. The Morgan fingerprint density at radius 1 is 1.14 bits per heavy atom. The summed E-state index contributed by atoms with van der Waals surface area (Å²) < 4.78 is 0.549. The molecular weight excluding hydrogens is 360 g/mol. The number of carboxylic acid groups (broad SMARTS) is 1. The number of rotatable bonds is 3. The Morgan fingerprint density at radius 3 is 2.52 bits per heavy atom. The van der Waals surface area contributed by atoms with Crippen molar-refractivity contribution in [3.63, 3.8) is 0 Å². The van der Waals surface area contributed by atoms with Gasteiger partial charge in [0.15, 0.2) is 0 Å². The van der Waals surface area contributed by atoms with Gasteiger partial charge in [-0.15, -0.1) is 0 Å². The van der Waals surface area contributed by atoms with Crippen molar-refractivity contribution in [2.24, 2.45) is 0 Å². The fraction of sp³-hybridized carbons (Fsp3) is 0. The molecule has 108 valence electrons. The van der Waals surface area contributed by atoms with E-state index in [9.17, 15) is 9.59 Å². The minimum Gasteiger partial charge on any atom is -0.478 e. The van der Waals surface area contributed by atoms with Crippen LogP contribution in [0.2, 0.25) is 5.02 Å². The monoisotopic (exact) mass is 368 g/mol. The number of hydrogen-bond donors (Lipinski definition) is 3. The second kappa shape index (κ2) is 6.15. The minimum atomic E-state index is -1.16. The Hall–Kier alpha value is -2.05. The number of halogens is 2. The van der Waals surface area contributed by atoms with E-state index in [1.54, 1.807) is 12.1 Å². The molecule has 0 radical (unpaired) electrons. The average molecular weight is 370 g/mol. The first-order valence-electron chi connectivity index (χ1n) is 5.77. The van der Waals surface area contributed by atoms with Crippen LogP contribution in [0.5, 0.6) is 0 Å². The number of nitrogens with two attached hydrogens (primary N) is 1. The zero-order valence-electron chi connectivity index (χ0n) is 10.6. The molecule has 1 amide bonds. The molecule has 2 aromatic rings. The molecule has 21 heavy (non-hydrogen) atoms. The van der Waals surface area contributed by atoms with Gasteiger partial charge in [-0.3, -0.25) is 4.79 Å². The van der Waals surface area contributed by atoms with Crippen LogP contribution < -0.4 is 11.1 Å². The van der Waals surface area contributed by atoms with Crippen molar-refractivity contribution in [1.29, 1.82) is 0 Å². The van der Waals surface area contributed by atoms with E-state index >= 15 is 0 Å². The summed E-state index contributed by atoms with van der Waals surface area (Å²) in [5.41, 5.74) is 6.44. The molecule has 0 atom stereocenters. The topological polar surface area (TPSA) is 92.4 Å². The highest BCUT2D eigenvalue weighted by Gasteiger charge is 2.16. The van der Waals surface area contributed by atoms with Gasteiger partial charge in [-0.1, -0.05) is 11.6 Å². The molecule has 0 unspecified atom stereocenters. The maximum Gasteiger partial charge on any atom is 0.337 e. The Balaban J connectivity index is 2.38. The molecule has 5 nitrogen and oxygen atoms in total. The van der Waals surface area contributed by atoms with E-state index in [0.717, 1.165) is 0 Å². The van der Waals surface area contributed by atoms with Gasteiger partial charge in [0.2, 0.25) is 0 Å². The van der Waals surface area contributed by atoms with Crippen LogP contribution >= 0.6 is 27.5 Å². The molecule has 2 aromatic carbocycles. The van der Waals surface area contributed by atoms with Crippen molar-refractivity contribution in [2.75, 3.05) is 11.1 Å². The summed E-state index contributed by atoms with van der Waals surface area (Å²) in [4.78, 5) is 23.4. The van der Waals surface area contributed by atoms with Crippen LogP contribution in [-0.2, 0) is 0 Å². The number of carbonyl (C=O) groups is 2. The lowest BCUT2D eigenvalue weighted by molar-refractivity contribution is 0.0698. The third-order valence-electron chi connectivity index (χ3n) is 2.70. The van der Waals surface area contributed by atoms with E-state index in [2.05, 4.69) is 21.2 Å². The molecule has 0 aliphatic rings. The SMILES string of the molecule is Nc1ccc(Br)c(C(=O)Nc2cc(Cl)ccc2C(=O)O)c1. The largest absolute Gasteiger partial charge is 0.478 e. The number of carboxylic acids is 1. The van der Waals surface area contributed by atoms with Gasteiger partial charge in [0.25, 0.3) is 5.91 Å². The fourth-order valence-corrected chi connectivity index (χ4v) is 2.31. The second-order valence-electron chi connectivity index (χ2n) is 4.19. The van der Waals surface area contributed by atoms with Gasteiger partial charge in [0, 0.05) is 15.2 Å². The summed E-state index contributed by atoms with van der Waals surface area (Å²) in [6, 6.07) is 8.92. The highest BCUT2D eigenvalue weighted by atomic mass is 79.9. The van der Waals surface area contributed by atoms with Gasteiger partial charge < -0.3 is 16.2 Å². The molecule has 0 aromatic heterocycles. The number of nitrogen functional groups attached to an aromatic ring is 1. The maximum absolute atomic E-state index is 12.2. The zero-order valence-corrected chi connectivity index (χ0v) is 12.9. The maximum atomic E-state index is 12.2. The van der Waals surface area contributed by atoms with Gasteiger partial charge >= 0.3 is 5.97 Å². The van der Waals surface area contributed by atoms with Gasteiger partial charge in [-0.05, 0) is 52.3 Å². The quantitative estimate of drug-likeness (QED) is 0.720. The molecule has 4 N–H and O–H groups in total. The smallest absolute Gasteiger partial charge is 0.337 e. The predicted molar refractivity (Wildman–Crippen MR) is 84.9 cm³/mol. The lowest BCUT2D eigenvalue weighted by Gasteiger charge is -2.10. The van der Waals surface area contributed by atoms with Crippen molar-refractivity contribution in [1.82, 2.24) is 0 Å². The summed E-state index contributed by atoms with van der Waals surface area (Å²) >= 11 is 9.08. The van der Waals surface area contributed by atoms with Crippen molar-refractivity contribution in [3.8, 4) is 0 Å². The Bertz CT molecular complexity index is 734. The molecule has 0 bridgehead atoms. The first-order valence-corrected chi connectivity index (χ1v) is 6.95. The standard InChI is InChI=1S/C14H10BrClN2O3/c15-11-4-2-8(17)6-10(11)13(19)18-12-5-7(16)1-3-9(12)14(20)21/h1-6H,17H2,(H,18,19)(H,20,21). The average Bonchev–Trinajstić information content (AvgIpc) is 2.41. The molecule has 0 spiro atoms. The van der Waals surface area contributed by atoms with Crippen LogP contribution in [-0.4, -0.2) is 17.0 Å². The van der Waals surface area contributed by atoms with E-state index in [0.29, 0.717) is 20.7 Å². The van der Waals surface area contributed by atoms with Gasteiger partial charge in [-0.2, -0.15) is 0 Å². The summed E-state index contributed by atoms with van der Waals surface area (Å²) in [5, 5.41) is 12.0. The third kappa shape index (κ3) is 3.53. The van der Waals surface area contributed by atoms with Gasteiger partial charge in [-0.25, -0.2) is 4.79 Å². The first-order chi connectivity index (χ1) is 9.88. The van der Waals surface area contributed by atoms with E-state index in [1.807, 2.05) is 0 Å². The molecule has 0 saturated heterocycles. The normalized spacial score (nSPS) is 10.2. The van der Waals surface area contributed by atoms with Crippen LogP contribution in [0, 0.1) is 0 Å². The molecule has 0 aliphatic heterocycles. The fourth-order valence-electron chi connectivity index (χ4n) is 1.71. The van der Waals surface area contributed by atoms with Crippen molar-refractivity contribution >= 4 is 50.8 Å². The molecule has 7 heteroatoms. The first kappa shape index (κ1) is 15.3.